The average Bonchev–Trinajstić information content (AvgIpc) is 2.35. The first-order valence-corrected chi connectivity index (χ1v) is 5.36. The second-order valence-electron chi connectivity index (χ2n) is 4.12. The van der Waals surface area contributed by atoms with Gasteiger partial charge in [0, 0.05) is 17.7 Å². The molecule has 0 saturated carbocycles. The Balaban J connectivity index is 2.33. The molecule has 0 radical (unpaired) electrons. The third-order valence-electron chi connectivity index (χ3n) is 3.07. The Labute approximate surface area is 101 Å². The fourth-order valence-electron chi connectivity index (χ4n) is 2.32. The summed E-state index contributed by atoms with van der Waals surface area (Å²) in [5.74, 6) is -1.50. The Bertz CT molecular complexity index is 644. The van der Waals surface area contributed by atoms with Gasteiger partial charge in [0.25, 0.3) is 5.69 Å². The third kappa shape index (κ3) is 1.35. The number of non-ortho nitro benzene ring substituents is 1. The van der Waals surface area contributed by atoms with Gasteiger partial charge in [-0.3, -0.25) is 10.1 Å². The highest BCUT2D eigenvalue weighted by Crippen LogP contribution is 2.36. The molecule has 3 rings (SSSR count). The van der Waals surface area contributed by atoms with Gasteiger partial charge in [-0.1, -0.05) is 6.08 Å². The SMILES string of the molecule is O=C1OC(=O)c2cc([N+](=O)[O-])cc3c2C1=CCC3. The molecule has 0 saturated heterocycles. The Kier molecular flexibility index (Phi) is 2.07. The van der Waals surface area contributed by atoms with Crippen LogP contribution in [0.3, 0.4) is 0 Å². The first kappa shape index (κ1) is 10.6. The van der Waals surface area contributed by atoms with E-state index in [1.165, 1.54) is 6.07 Å². The lowest BCUT2D eigenvalue weighted by Gasteiger charge is -2.22. The predicted molar refractivity (Wildman–Crippen MR) is 59.8 cm³/mol. The van der Waals surface area contributed by atoms with Crippen molar-refractivity contribution in [1.29, 1.82) is 0 Å². The standard InChI is InChI=1S/C12H7NO5/c14-11-8-3-1-2-6-4-7(13(16)17)5-9(10(6)8)12(15)18-11/h3-5H,1-2H2. The minimum absolute atomic E-state index is 0.102. The summed E-state index contributed by atoms with van der Waals surface area (Å²) in [5, 5.41) is 10.8. The van der Waals surface area contributed by atoms with E-state index in [1.807, 2.05) is 0 Å². The highest BCUT2D eigenvalue weighted by atomic mass is 16.6. The lowest BCUT2D eigenvalue weighted by molar-refractivity contribution is -0.385. The molecule has 6 nitrogen and oxygen atoms in total. The first-order chi connectivity index (χ1) is 8.58. The summed E-state index contributed by atoms with van der Waals surface area (Å²) in [5.41, 5.74) is 1.43. The Morgan fingerprint density at radius 2 is 2.00 bits per heavy atom. The highest BCUT2D eigenvalue weighted by Gasteiger charge is 2.34. The van der Waals surface area contributed by atoms with Gasteiger partial charge >= 0.3 is 11.9 Å². The largest absolute Gasteiger partial charge is 0.386 e. The van der Waals surface area contributed by atoms with Crippen LogP contribution in [-0.2, 0) is 16.0 Å². The zero-order valence-corrected chi connectivity index (χ0v) is 9.13. The van der Waals surface area contributed by atoms with Crippen molar-refractivity contribution in [3.63, 3.8) is 0 Å². The summed E-state index contributed by atoms with van der Waals surface area (Å²) in [4.78, 5) is 33.4. The number of carbonyl (C=O) groups excluding carboxylic acids is 2. The van der Waals surface area contributed by atoms with Crippen LogP contribution in [-0.4, -0.2) is 16.9 Å². The molecule has 6 heteroatoms. The van der Waals surface area contributed by atoms with Crippen LogP contribution in [0.2, 0.25) is 0 Å². The van der Waals surface area contributed by atoms with Gasteiger partial charge in [0.15, 0.2) is 0 Å². The maximum atomic E-state index is 11.6. The molecule has 0 aromatic heterocycles. The van der Waals surface area contributed by atoms with Crippen LogP contribution in [0.15, 0.2) is 18.2 Å². The molecule has 2 aliphatic rings. The molecule has 0 spiro atoms. The quantitative estimate of drug-likeness (QED) is 0.325. The lowest BCUT2D eigenvalue weighted by Crippen LogP contribution is -2.25. The number of ether oxygens (including phenoxy) is 1. The van der Waals surface area contributed by atoms with Gasteiger partial charge < -0.3 is 4.74 Å². The van der Waals surface area contributed by atoms with Crippen LogP contribution < -0.4 is 0 Å². The Hall–Kier alpha value is -2.50. The maximum Gasteiger partial charge on any atom is 0.346 e. The van der Waals surface area contributed by atoms with Crippen LogP contribution in [0.4, 0.5) is 5.69 Å². The summed E-state index contributed by atoms with van der Waals surface area (Å²) < 4.78 is 4.57. The van der Waals surface area contributed by atoms with Gasteiger partial charge in [-0.15, -0.1) is 0 Å². The number of nitro groups is 1. The zero-order valence-electron chi connectivity index (χ0n) is 9.13. The predicted octanol–water partition coefficient (Wildman–Crippen LogP) is 1.62. The van der Waals surface area contributed by atoms with Crippen molar-refractivity contribution in [2.45, 2.75) is 12.8 Å². The van der Waals surface area contributed by atoms with Crippen LogP contribution in [0, 0.1) is 10.1 Å². The van der Waals surface area contributed by atoms with E-state index in [2.05, 4.69) is 4.74 Å². The number of nitrogens with zero attached hydrogens (tertiary/aromatic N) is 1. The third-order valence-corrected chi connectivity index (χ3v) is 3.07. The van der Waals surface area contributed by atoms with Crippen molar-refractivity contribution < 1.29 is 19.2 Å². The van der Waals surface area contributed by atoms with Crippen LogP contribution >= 0.6 is 0 Å². The average molecular weight is 245 g/mol. The fraction of sp³-hybridized carbons (Fsp3) is 0.167. The number of hydrogen-bond acceptors (Lipinski definition) is 5. The van der Waals surface area contributed by atoms with E-state index >= 15 is 0 Å². The normalized spacial score (nSPS) is 16.8. The van der Waals surface area contributed by atoms with Crippen molar-refractivity contribution in [3.05, 3.63) is 45.0 Å². The number of esters is 2. The van der Waals surface area contributed by atoms with Gasteiger partial charge in [-0.2, -0.15) is 0 Å². The maximum absolute atomic E-state index is 11.6. The van der Waals surface area contributed by atoms with Crippen LogP contribution in [0.1, 0.15) is 27.9 Å². The second kappa shape index (κ2) is 3.49. The number of nitro benzene ring substituents is 1. The monoisotopic (exact) mass is 245 g/mol. The molecule has 0 fully saturated rings. The number of carbonyl (C=O) groups is 2. The summed E-state index contributed by atoms with van der Waals surface area (Å²) in [6.07, 6.45) is 2.88. The molecule has 90 valence electrons. The minimum atomic E-state index is -0.820. The number of hydrogen-bond donors (Lipinski definition) is 0. The molecule has 0 unspecified atom stereocenters. The van der Waals surface area contributed by atoms with E-state index < -0.39 is 16.9 Å². The van der Waals surface area contributed by atoms with E-state index in [9.17, 15) is 19.7 Å². The van der Waals surface area contributed by atoms with Crippen LogP contribution in [0.5, 0.6) is 0 Å². The van der Waals surface area contributed by atoms with E-state index in [4.69, 9.17) is 0 Å². The second-order valence-corrected chi connectivity index (χ2v) is 4.12. The van der Waals surface area contributed by atoms with Gasteiger partial charge in [-0.25, -0.2) is 9.59 Å². The fourth-order valence-corrected chi connectivity index (χ4v) is 2.32. The van der Waals surface area contributed by atoms with E-state index in [-0.39, 0.29) is 11.3 Å². The summed E-state index contributed by atoms with van der Waals surface area (Å²) in [6, 6.07) is 2.57. The molecule has 1 aromatic carbocycles. The van der Waals surface area contributed by atoms with Crippen molar-refractivity contribution in [2.75, 3.05) is 0 Å². The zero-order chi connectivity index (χ0) is 12.9. The Morgan fingerprint density at radius 3 is 2.72 bits per heavy atom. The van der Waals surface area contributed by atoms with Crippen molar-refractivity contribution in [1.82, 2.24) is 0 Å². The number of rotatable bonds is 1. The molecule has 1 heterocycles. The summed E-state index contributed by atoms with van der Waals surface area (Å²) >= 11 is 0. The number of aryl methyl sites for hydroxylation is 1. The molecule has 1 aliphatic carbocycles. The van der Waals surface area contributed by atoms with E-state index in [1.54, 1.807) is 6.08 Å². The Morgan fingerprint density at radius 1 is 1.22 bits per heavy atom. The molecular weight excluding hydrogens is 238 g/mol. The van der Waals surface area contributed by atoms with Crippen molar-refractivity contribution in [3.8, 4) is 0 Å². The molecule has 0 bridgehead atoms. The number of cyclic esters (lactones) is 2. The first-order valence-electron chi connectivity index (χ1n) is 5.36. The smallest absolute Gasteiger partial charge is 0.346 e. The van der Waals surface area contributed by atoms with E-state index in [0.717, 1.165) is 6.07 Å². The van der Waals surface area contributed by atoms with Gasteiger partial charge in [-0.05, 0) is 18.4 Å². The number of benzene rings is 1. The number of allylic oxidation sites excluding steroid dienone is 1. The summed E-state index contributed by atoms with van der Waals surface area (Å²) in [6.45, 7) is 0. The van der Waals surface area contributed by atoms with Gasteiger partial charge in [0.2, 0.25) is 0 Å². The highest BCUT2D eigenvalue weighted by molar-refractivity contribution is 6.26. The summed E-state index contributed by atoms with van der Waals surface area (Å²) in [7, 11) is 0. The lowest BCUT2D eigenvalue weighted by atomic mass is 9.85. The topological polar surface area (TPSA) is 86.5 Å². The van der Waals surface area contributed by atoms with Crippen LogP contribution in [0.25, 0.3) is 5.57 Å². The molecule has 1 aromatic rings. The molecule has 0 amide bonds. The molecular formula is C12H7NO5. The molecule has 0 N–H and O–H groups in total. The molecule has 18 heavy (non-hydrogen) atoms. The molecule has 0 atom stereocenters. The van der Waals surface area contributed by atoms with Gasteiger partial charge in [0.1, 0.15) is 0 Å². The van der Waals surface area contributed by atoms with Crippen molar-refractivity contribution >= 4 is 23.2 Å². The molecule has 1 aliphatic heterocycles. The van der Waals surface area contributed by atoms with Crippen molar-refractivity contribution in [2.24, 2.45) is 0 Å². The van der Waals surface area contributed by atoms with Gasteiger partial charge in [0.05, 0.1) is 16.1 Å². The van der Waals surface area contributed by atoms with E-state index in [0.29, 0.717) is 29.5 Å². The minimum Gasteiger partial charge on any atom is -0.386 e.